The molecule has 0 bridgehead atoms. The highest BCUT2D eigenvalue weighted by molar-refractivity contribution is 5.85. The van der Waals surface area contributed by atoms with Crippen LogP contribution < -0.4 is 0 Å². The first-order valence-corrected chi connectivity index (χ1v) is 10.8. The van der Waals surface area contributed by atoms with Crippen molar-refractivity contribution < 1.29 is 0 Å². The zero-order chi connectivity index (χ0) is 18.8. The van der Waals surface area contributed by atoms with Crippen molar-refractivity contribution in [2.45, 2.75) is 70.1 Å². The number of tetrazole rings is 1. The maximum Gasteiger partial charge on any atom is 0.181 e. The van der Waals surface area contributed by atoms with Gasteiger partial charge in [-0.2, -0.15) is 0 Å². The fraction of sp³-hybridized carbons (Fsp3) is 0.478. The van der Waals surface area contributed by atoms with Crippen molar-refractivity contribution in [3.63, 3.8) is 0 Å². The zero-order valence-corrected chi connectivity index (χ0v) is 16.3. The molecule has 144 valence electrons. The fourth-order valence-corrected chi connectivity index (χ4v) is 5.04. The van der Waals surface area contributed by atoms with Gasteiger partial charge in [0.1, 0.15) is 0 Å². The Labute approximate surface area is 166 Å². The molecule has 3 aromatic rings. The van der Waals surface area contributed by atoms with Gasteiger partial charge in [0.2, 0.25) is 0 Å². The fourth-order valence-electron chi connectivity index (χ4n) is 5.04. The highest BCUT2D eigenvalue weighted by Crippen LogP contribution is 2.44. The van der Waals surface area contributed by atoms with Crippen LogP contribution in [0.4, 0.5) is 0 Å². The van der Waals surface area contributed by atoms with Crippen LogP contribution in [0.1, 0.15) is 74.2 Å². The molecular weight excluding hydrogens is 346 g/mol. The SMILES string of the molecule is c1ccc(-c2c3c(nc(C4CCCCC4)c2-c2nnn[nH]2)CCCCC3)cc1. The van der Waals surface area contributed by atoms with Gasteiger partial charge in [-0.3, -0.25) is 4.98 Å². The van der Waals surface area contributed by atoms with E-state index in [2.05, 4.69) is 51.0 Å². The van der Waals surface area contributed by atoms with Crippen LogP contribution in [-0.2, 0) is 12.8 Å². The minimum Gasteiger partial charge on any atom is -0.256 e. The van der Waals surface area contributed by atoms with Crippen LogP contribution in [0.2, 0.25) is 0 Å². The number of nitrogens with one attached hydrogen (secondary N) is 1. The van der Waals surface area contributed by atoms with E-state index in [1.165, 1.54) is 79.4 Å². The molecule has 5 nitrogen and oxygen atoms in total. The summed E-state index contributed by atoms with van der Waals surface area (Å²) in [6, 6.07) is 10.8. The van der Waals surface area contributed by atoms with E-state index in [1.807, 2.05) is 0 Å². The Hall–Kier alpha value is -2.56. The van der Waals surface area contributed by atoms with Gasteiger partial charge in [-0.15, -0.1) is 5.10 Å². The molecule has 2 aliphatic rings. The first kappa shape index (κ1) is 17.5. The van der Waals surface area contributed by atoms with Crippen molar-refractivity contribution in [3.05, 3.63) is 47.3 Å². The number of rotatable bonds is 3. The Bertz CT molecular complexity index is 927. The molecule has 0 spiro atoms. The van der Waals surface area contributed by atoms with Gasteiger partial charge < -0.3 is 0 Å². The van der Waals surface area contributed by atoms with Crippen LogP contribution in [0.3, 0.4) is 0 Å². The molecule has 0 amide bonds. The van der Waals surface area contributed by atoms with Crippen molar-refractivity contribution in [1.29, 1.82) is 0 Å². The van der Waals surface area contributed by atoms with Crippen LogP contribution in [0, 0.1) is 0 Å². The number of H-pyrrole nitrogens is 1. The van der Waals surface area contributed by atoms with Crippen molar-refractivity contribution >= 4 is 0 Å². The topological polar surface area (TPSA) is 67.3 Å². The van der Waals surface area contributed by atoms with Gasteiger partial charge in [-0.1, -0.05) is 56.0 Å². The molecule has 0 atom stereocenters. The number of benzene rings is 1. The summed E-state index contributed by atoms with van der Waals surface area (Å²) in [4.78, 5) is 5.32. The summed E-state index contributed by atoms with van der Waals surface area (Å²) < 4.78 is 0. The summed E-state index contributed by atoms with van der Waals surface area (Å²) in [5.74, 6) is 1.27. The quantitative estimate of drug-likeness (QED) is 0.637. The highest BCUT2D eigenvalue weighted by Gasteiger charge is 2.29. The molecule has 1 saturated carbocycles. The predicted molar refractivity (Wildman–Crippen MR) is 110 cm³/mol. The summed E-state index contributed by atoms with van der Waals surface area (Å²) in [5.41, 5.74) is 7.66. The van der Waals surface area contributed by atoms with Gasteiger partial charge in [-0.05, 0) is 65.6 Å². The van der Waals surface area contributed by atoms with Gasteiger partial charge in [0.05, 0.1) is 11.3 Å². The third-order valence-electron chi connectivity index (χ3n) is 6.39. The van der Waals surface area contributed by atoms with Crippen LogP contribution in [0.5, 0.6) is 0 Å². The van der Waals surface area contributed by atoms with Gasteiger partial charge in [0.25, 0.3) is 0 Å². The predicted octanol–water partition coefficient (Wildman–Crippen LogP) is 5.25. The average Bonchev–Trinajstić information content (AvgIpc) is 3.19. The molecule has 1 fully saturated rings. The molecule has 28 heavy (non-hydrogen) atoms. The first-order chi connectivity index (χ1) is 13.9. The van der Waals surface area contributed by atoms with Gasteiger partial charge in [-0.25, -0.2) is 5.10 Å². The second-order valence-corrected chi connectivity index (χ2v) is 8.18. The molecule has 2 heterocycles. The smallest absolute Gasteiger partial charge is 0.181 e. The summed E-state index contributed by atoms with van der Waals surface area (Å²) >= 11 is 0. The lowest BCUT2D eigenvalue weighted by molar-refractivity contribution is 0.436. The molecule has 5 heteroatoms. The van der Waals surface area contributed by atoms with Crippen LogP contribution in [0.15, 0.2) is 30.3 Å². The summed E-state index contributed by atoms with van der Waals surface area (Å²) in [6.45, 7) is 0. The average molecular weight is 374 g/mol. The summed E-state index contributed by atoms with van der Waals surface area (Å²) in [5, 5.41) is 15.2. The highest BCUT2D eigenvalue weighted by atomic mass is 15.5. The second-order valence-electron chi connectivity index (χ2n) is 8.18. The van der Waals surface area contributed by atoms with Gasteiger partial charge in [0, 0.05) is 11.6 Å². The summed E-state index contributed by atoms with van der Waals surface area (Å²) in [6.07, 6.45) is 12.3. The van der Waals surface area contributed by atoms with E-state index in [1.54, 1.807) is 0 Å². The van der Waals surface area contributed by atoms with Crippen LogP contribution in [0.25, 0.3) is 22.5 Å². The minimum absolute atomic E-state index is 0.505. The van der Waals surface area contributed by atoms with Gasteiger partial charge in [0.15, 0.2) is 5.82 Å². The second kappa shape index (κ2) is 7.82. The van der Waals surface area contributed by atoms with Gasteiger partial charge >= 0.3 is 0 Å². The number of aromatic amines is 1. The Morgan fingerprint density at radius 2 is 1.61 bits per heavy atom. The van der Waals surface area contributed by atoms with Crippen molar-refractivity contribution in [3.8, 4) is 22.5 Å². The third-order valence-corrected chi connectivity index (χ3v) is 6.39. The Morgan fingerprint density at radius 1 is 0.821 bits per heavy atom. The molecule has 0 unspecified atom stereocenters. The van der Waals surface area contributed by atoms with Crippen LogP contribution >= 0.6 is 0 Å². The normalized spacial score (nSPS) is 17.9. The first-order valence-electron chi connectivity index (χ1n) is 10.8. The number of pyridine rings is 1. The van der Waals surface area contributed by atoms with E-state index in [0.29, 0.717) is 5.92 Å². The van der Waals surface area contributed by atoms with E-state index >= 15 is 0 Å². The Kier molecular flexibility index (Phi) is 4.90. The molecule has 5 rings (SSSR count). The van der Waals surface area contributed by atoms with Crippen molar-refractivity contribution in [1.82, 2.24) is 25.6 Å². The van der Waals surface area contributed by atoms with Crippen molar-refractivity contribution in [2.24, 2.45) is 0 Å². The molecule has 1 N–H and O–H groups in total. The minimum atomic E-state index is 0.505. The summed E-state index contributed by atoms with van der Waals surface area (Å²) in [7, 11) is 0. The standard InChI is InChI=1S/C23H27N5/c1-4-10-16(11-5-1)20-18-14-8-3-9-15-19(18)24-22(17-12-6-2-7-13-17)21(20)23-25-27-28-26-23/h1,4-5,10-11,17H,2-3,6-9,12-15H2,(H,25,26,27,28). The Balaban J connectivity index is 1.80. The van der Waals surface area contributed by atoms with Crippen molar-refractivity contribution in [2.75, 3.05) is 0 Å². The van der Waals surface area contributed by atoms with Crippen LogP contribution in [-0.4, -0.2) is 25.6 Å². The molecule has 2 aromatic heterocycles. The Morgan fingerprint density at radius 3 is 2.39 bits per heavy atom. The van der Waals surface area contributed by atoms with E-state index in [9.17, 15) is 0 Å². The number of hydrogen-bond donors (Lipinski definition) is 1. The molecule has 0 aliphatic heterocycles. The third kappa shape index (κ3) is 3.23. The lowest BCUT2D eigenvalue weighted by atomic mass is 9.81. The molecular formula is C23H27N5. The lowest BCUT2D eigenvalue weighted by Gasteiger charge is -2.27. The van der Waals surface area contributed by atoms with E-state index < -0.39 is 0 Å². The molecule has 2 aliphatic carbocycles. The maximum absolute atomic E-state index is 5.32. The number of aromatic nitrogens is 5. The molecule has 0 radical (unpaired) electrons. The number of nitrogens with zero attached hydrogens (tertiary/aromatic N) is 4. The molecule has 1 aromatic carbocycles. The monoisotopic (exact) mass is 373 g/mol. The van der Waals surface area contributed by atoms with E-state index in [-0.39, 0.29) is 0 Å². The van der Waals surface area contributed by atoms with E-state index in [0.717, 1.165) is 24.2 Å². The molecule has 0 saturated heterocycles. The number of hydrogen-bond acceptors (Lipinski definition) is 4. The largest absolute Gasteiger partial charge is 0.256 e. The number of aryl methyl sites for hydroxylation is 1. The zero-order valence-electron chi connectivity index (χ0n) is 16.3. The number of fused-ring (bicyclic) bond motifs is 1. The lowest BCUT2D eigenvalue weighted by Crippen LogP contribution is -2.13. The maximum atomic E-state index is 5.32. The van der Waals surface area contributed by atoms with E-state index in [4.69, 9.17) is 4.98 Å².